The molecule has 2 heterocycles. The largest absolute Gasteiger partial charge is 0.486 e. The van der Waals surface area contributed by atoms with Gasteiger partial charge in [-0.25, -0.2) is 4.98 Å². The fraction of sp³-hybridized carbons (Fsp3) is 0.111. The van der Waals surface area contributed by atoms with E-state index in [1.165, 1.54) is 11.3 Å². The van der Waals surface area contributed by atoms with Crippen LogP contribution in [0.25, 0.3) is 10.6 Å². The van der Waals surface area contributed by atoms with Crippen LogP contribution in [0.15, 0.2) is 47.8 Å². The van der Waals surface area contributed by atoms with E-state index in [1.807, 2.05) is 12.1 Å². The minimum Gasteiger partial charge on any atom is -0.486 e. The summed E-state index contributed by atoms with van der Waals surface area (Å²) in [5.74, 6) is 1.04. The predicted octanol–water partition coefficient (Wildman–Crippen LogP) is 4.49. The summed E-state index contributed by atoms with van der Waals surface area (Å²) in [5, 5.41) is 6.00. The molecule has 126 valence electrons. The van der Waals surface area contributed by atoms with Gasteiger partial charge in [0.05, 0.1) is 0 Å². The Morgan fingerprint density at radius 2 is 1.84 bits per heavy atom. The highest BCUT2D eigenvalue weighted by molar-refractivity contribution is 7.13. The van der Waals surface area contributed by atoms with E-state index in [4.69, 9.17) is 21.1 Å². The molecule has 0 saturated carbocycles. The number of nitrogens with one attached hydrogen (secondary N) is 1. The molecule has 4 rings (SSSR count). The van der Waals surface area contributed by atoms with Gasteiger partial charge in [-0.15, -0.1) is 11.3 Å². The molecule has 1 aliphatic rings. The van der Waals surface area contributed by atoms with Crippen LogP contribution in [0.2, 0.25) is 5.02 Å². The summed E-state index contributed by atoms with van der Waals surface area (Å²) in [6.45, 7) is 1.03. The molecule has 0 fully saturated rings. The smallest absolute Gasteiger partial charge is 0.275 e. The normalized spacial score (nSPS) is 12.7. The van der Waals surface area contributed by atoms with Crippen molar-refractivity contribution in [3.63, 3.8) is 0 Å². The number of halogens is 1. The maximum Gasteiger partial charge on any atom is 0.275 e. The fourth-order valence-corrected chi connectivity index (χ4v) is 3.35. The zero-order chi connectivity index (χ0) is 17.2. The zero-order valence-electron chi connectivity index (χ0n) is 13.0. The summed E-state index contributed by atoms with van der Waals surface area (Å²) in [7, 11) is 0. The first-order chi connectivity index (χ1) is 12.2. The number of benzene rings is 2. The van der Waals surface area contributed by atoms with Gasteiger partial charge < -0.3 is 14.8 Å². The zero-order valence-corrected chi connectivity index (χ0v) is 14.6. The molecule has 0 radical (unpaired) electrons. The second-order valence-corrected chi connectivity index (χ2v) is 6.65. The van der Waals surface area contributed by atoms with E-state index in [0.29, 0.717) is 41.1 Å². The predicted molar refractivity (Wildman–Crippen MR) is 97.9 cm³/mol. The molecule has 1 N–H and O–H groups in total. The van der Waals surface area contributed by atoms with Gasteiger partial charge in [-0.2, -0.15) is 0 Å². The number of hydrogen-bond donors (Lipinski definition) is 1. The van der Waals surface area contributed by atoms with Crippen molar-refractivity contribution in [1.82, 2.24) is 4.98 Å². The van der Waals surface area contributed by atoms with Crippen LogP contribution in [0.4, 0.5) is 5.69 Å². The third-order valence-corrected chi connectivity index (χ3v) is 4.77. The second-order valence-electron chi connectivity index (χ2n) is 5.36. The van der Waals surface area contributed by atoms with Crippen LogP contribution in [0, 0.1) is 0 Å². The maximum absolute atomic E-state index is 12.4. The number of fused-ring (bicyclic) bond motifs is 1. The van der Waals surface area contributed by atoms with Crippen LogP contribution in [0.1, 0.15) is 10.5 Å². The molecule has 0 spiro atoms. The third-order valence-electron chi connectivity index (χ3n) is 3.63. The summed E-state index contributed by atoms with van der Waals surface area (Å²) in [5.41, 5.74) is 1.92. The molecule has 5 nitrogen and oxygen atoms in total. The number of carbonyl (C=O) groups excluding carboxylic acids is 1. The van der Waals surface area contributed by atoms with Crippen molar-refractivity contribution in [2.24, 2.45) is 0 Å². The molecule has 1 amide bonds. The molecule has 0 unspecified atom stereocenters. The minimum atomic E-state index is -0.270. The summed E-state index contributed by atoms with van der Waals surface area (Å²) in [6, 6.07) is 12.7. The Labute approximate surface area is 153 Å². The lowest BCUT2D eigenvalue weighted by atomic mass is 10.2. The van der Waals surface area contributed by atoms with E-state index in [0.717, 1.165) is 10.6 Å². The maximum atomic E-state index is 12.4. The molecule has 2 aromatic carbocycles. The standard InChI is InChI=1S/C18H13ClN2O3S/c19-12-3-1-11(2-4-12)18-21-14(10-25-18)17(22)20-13-5-6-15-16(9-13)24-8-7-23-15/h1-6,9-10H,7-8H2,(H,20,22). The molecule has 3 aromatic rings. The van der Waals surface area contributed by atoms with Gasteiger partial charge in [0.2, 0.25) is 0 Å². The number of carbonyl (C=O) groups is 1. The molecule has 0 bridgehead atoms. The Bertz CT molecular complexity index is 924. The van der Waals surface area contributed by atoms with Crippen LogP contribution < -0.4 is 14.8 Å². The first-order valence-electron chi connectivity index (χ1n) is 7.61. The van der Waals surface area contributed by atoms with Gasteiger partial charge in [0.15, 0.2) is 11.5 Å². The van der Waals surface area contributed by atoms with Crippen molar-refractivity contribution < 1.29 is 14.3 Å². The highest BCUT2D eigenvalue weighted by Crippen LogP contribution is 2.33. The Balaban J connectivity index is 1.51. The number of ether oxygens (including phenoxy) is 2. The Morgan fingerprint density at radius 3 is 2.64 bits per heavy atom. The molecule has 1 aliphatic heterocycles. The SMILES string of the molecule is O=C(Nc1ccc2c(c1)OCCO2)c1csc(-c2ccc(Cl)cc2)n1. The van der Waals surface area contributed by atoms with Crippen molar-refractivity contribution in [3.8, 4) is 22.1 Å². The average Bonchev–Trinajstić information content (AvgIpc) is 3.12. The van der Waals surface area contributed by atoms with Gasteiger partial charge in [-0.05, 0) is 24.3 Å². The minimum absolute atomic E-state index is 0.270. The van der Waals surface area contributed by atoms with Crippen molar-refractivity contribution in [2.45, 2.75) is 0 Å². The van der Waals surface area contributed by atoms with Crippen LogP contribution in [-0.4, -0.2) is 24.1 Å². The molecule has 0 saturated heterocycles. The summed E-state index contributed by atoms with van der Waals surface area (Å²) in [6.07, 6.45) is 0. The van der Waals surface area contributed by atoms with Crippen LogP contribution in [0.5, 0.6) is 11.5 Å². The quantitative estimate of drug-likeness (QED) is 0.736. The summed E-state index contributed by atoms with van der Waals surface area (Å²) in [4.78, 5) is 16.8. The van der Waals surface area contributed by atoms with E-state index >= 15 is 0 Å². The van der Waals surface area contributed by atoms with E-state index in [2.05, 4.69) is 10.3 Å². The Kier molecular flexibility index (Phi) is 4.29. The first-order valence-corrected chi connectivity index (χ1v) is 8.87. The van der Waals surface area contributed by atoms with Gasteiger partial charge in [-0.3, -0.25) is 4.79 Å². The third kappa shape index (κ3) is 3.45. The number of anilines is 1. The van der Waals surface area contributed by atoms with Gasteiger partial charge in [-0.1, -0.05) is 23.7 Å². The number of aromatic nitrogens is 1. The number of nitrogens with zero attached hydrogens (tertiary/aromatic N) is 1. The lowest BCUT2D eigenvalue weighted by Crippen LogP contribution is -2.16. The Morgan fingerprint density at radius 1 is 1.08 bits per heavy atom. The number of rotatable bonds is 3. The van der Waals surface area contributed by atoms with Crippen molar-refractivity contribution >= 4 is 34.5 Å². The summed E-state index contributed by atoms with van der Waals surface area (Å²) >= 11 is 7.31. The monoisotopic (exact) mass is 372 g/mol. The van der Waals surface area contributed by atoms with E-state index in [1.54, 1.807) is 35.7 Å². The molecule has 7 heteroatoms. The second kappa shape index (κ2) is 6.74. The molecule has 0 aliphatic carbocycles. The van der Waals surface area contributed by atoms with Crippen LogP contribution in [0.3, 0.4) is 0 Å². The first kappa shape index (κ1) is 15.9. The van der Waals surface area contributed by atoms with Crippen molar-refractivity contribution in [2.75, 3.05) is 18.5 Å². The molecule has 25 heavy (non-hydrogen) atoms. The fourth-order valence-electron chi connectivity index (χ4n) is 2.42. The molecule has 1 aromatic heterocycles. The van der Waals surface area contributed by atoms with Gasteiger partial charge in [0.25, 0.3) is 5.91 Å². The van der Waals surface area contributed by atoms with Crippen LogP contribution in [-0.2, 0) is 0 Å². The summed E-state index contributed by atoms with van der Waals surface area (Å²) < 4.78 is 11.0. The topological polar surface area (TPSA) is 60.5 Å². The van der Waals surface area contributed by atoms with Gasteiger partial charge in [0.1, 0.15) is 23.9 Å². The average molecular weight is 373 g/mol. The molecular formula is C18H13ClN2O3S. The van der Waals surface area contributed by atoms with E-state index in [9.17, 15) is 4.79 Å². The van der Waals surface area contributed by atoms with E-state index in [-0.39, 0.29) is 5.91 Å². The van der Waals surface area contributed by atoms with Crippen LogP contribution >= 0.6 is 22.9 Å². The lowest BCUT2D eigenvalue weighted by Gasteiger charge is -2.18. The molecule has 0 atom stereocenters. The highest BCUT2D eigenvalue weighted by Gasteiger charge is 2.15. The molecular weight excluding hydrogens is 360 g/mol. The van der Waals surface area contributed by atoms with E-state index < -0.39 is 0 Å². The number of thiazole rings is 1. The lowest BCUT2D eigenvalue weighted by molar-refractivity contribution is 0.102. The van der Waals surface area contributed by atoms with Crippen molar-refractivity contribution in [3.05, 3.63) is 58.6 Å². The highest BCUT2D eigenvalue weighted by atomic mass is 35.5. The van der Waals surface area contributed by atoms with Gasteiger partial charge in [0, 0.05) is 27.7 Å². The number of hydrogen-bond acceptors (Lipinski definition) is 5. The van der Waals surface area contributed by atoms with Gasteiger partial charge >= 0.3 is 0 Å². The number of amides is 1. The van der Waals surface area contributed by atoms with Crippen molar-refractivity contribution in [1.29, 1.82) is 0 Å². The Hall–Kier alpha value is -2.57.